The van der Waals surface area contributed by atoms with E-state index in [9.17, 15) is 5.11 Å². The maximum atomic E-state index is 9.22. The molecule has 0 spiro atoms. The van der Waals surface area contributed by atoms with Crippen LogP contribution in [0.2, 0.25) is 0 Å². The minimum absolute atomic E-state index is 0.00514. The first-order valence-corrected chi connectivity index (χ1v) is 6.53. The zero-order chi connectivity index (χ0) is 12.8. The lowest BCUT2D eigenvalue weighted by molar-refractivity contribution is 0.128. The maximum absolute atomic E-state index is 9.22. The Morgan fingerprint density at radius 1 is 1.50 bits per heavy atom. The molecule has 0 aromatic heterocycles. The van der Waals surface area contributed by atoms with Gasteiger partial charge in [0.1, 0.15) is 0 Å². The quantitative estimate of drug-likeness (QED) is 0.709. The molecule has 18 heavy (non-hydrogen) atoms. The van der Waals surface area contributed by atoms with Crippen molar-refractivity contribution in [1.29, 1.82) is 0 Å². The third-order valence-electron chi connectivity index (χ3n) is 3.33. The van der Waals surface area contributed by atoms with Crippen molar-refractivity contribution >= 4 is 5.69 Å². The topological polar surface area (TPSA) is 53.5 Å². The third kappa shape index (κ3) is 3.22. The van der Waals surface area contributed by atoms with Crippen LogP contribution >= 0.6 is 0 Å². The summed E-state index contributed by atoms with van der Waals surface area (Å²) in [6.07, 6.45) is 2.35. The summed E-state index contributed by atoms with van der Waals surface area (Å²) < 4.78 is 5.06. The van der Waals surface area contributed by atoms with E-state index < -0.39 is 0 Å². The van der Waals surface area contributed by atoms with E-state index in [1.807, 2.05) is 0 Å². The Morgan fingerprint density at radius 3 is 3.17 bits per heavy atom. The zero-order valence-corrected chi connectivity index (χ0v) is 10.9. The SMILES string of the molecule is COCC(CO)NCc1cccc2c1NCCC2. The summed E-state index contributed by atoms with van der Waals surface area (Å²) in [6.45, 7) is 2.42. The van der Waals surface area contributed by atoms with Gasteiger partial charge in [-0.05, 0) is 24.0 Å². The molecule has 0 fully saturated rings. The van der Waals surface area contributed by atoms with Crippen LogP contribution in [0.5, 0.6) is 0 Å². The van der Waals surface area contributed by atoms with Crippen LogP contribution in [-0.2, 0) is 17.7 Å². The monoisotopic (exact) mass is 250 g/mol. The Bertz CT molecular complexity index is 382. The molecular formula is C14H22N2O2. The summed E-state index contributed by atoms with van der Waals surface area (Å²) >= 11 is 0. The van der Waals surface area contributed by atoms with Crippen molar-refractivity contribution in [2.75, 3.05) is 32.2 Å². The minimum atomic E-state index is -0.00514. The molecule has 0 aliphatic carbocycles. The standard InChI is InChI=1S/C14H22N2O2/c1-18-10-13(9-17)16-8-12-5-2-4-11-6-3-7-15-14(11)12/h2,4-5,13,15-17H,3,6-10H2,1H3. The van der Waals surface area contributed by atoms with E-state index in [4.69, 9.17) is 4.74 Å². The van der Waals surface area contributed by atoms with Crippen LogP contribution in [0.25, 0.3) is 0 Å². The van der Waals surface area contributed by atoms with Crippen molar-refractivity contribution < 1.29 is 9.84 Å². The van der Waals surface area contributed by atoms with Crippen LogP contribution < -0.4 is 10.6 Å². The van der Waals surface area contributed by atoms with Crippen LogP contribution in [-0.4, -0.2) is 38.0 Å². The number of methoxy groups -OCH3 is 1. The summed E-state index contributed by atoms with van der Waals surface area (Å²) in [5, 5.41) is 16.0. The van der Waals surface area contributed by atoms with E-state index in [2.05, 4.69) is 28.8 Å². The number of hydrogen-bond donors (Lipinski definition) is 3. The van der Waals surface area contributed by atoms with Gasteiger partial charge in [0, 0.05) is 25.9 Å². The highest BCUT2D eigenvalue weighted by atomic mass is 16.5. The fourth-order valence-electron chi connectivity index (χ4n) is 2.36. The molecule has 3 N–H and O–H groups in total. The highest BCUT2D eigenvalue weighted by molar-refractivity contribution is 5.59. The van der Waals surface area contributed by atoms with Gasteiger partial charge in [-0.3, -0.25) is 0 Å². The Balaban J connectivity index is 2.00. The third-order valence-corrected chi connectivity index (χ3v) is 3.33. The molecule has 1 aromatic rings. The van der Waals surface area contributed by atoms with Gasteiger partial charge in [-0.25, -0.2) is 0 Å². The highest BCUT2D eigenvalue weighted by Crippen LogP contribution is 2.25. The lowest BCUT2D eigenvalue weighted by atomic mass is 9.99. The molecule has 4 heteroatoms. The summed E-state index contributed by atoms with van der Waals surface area (Å²) in [6, 6.07) is 6.41. The molecule has 100 valence electrons. The second-order valence-corrected chi connectivity index (χ2v) is 4.70. The molecule has 2 rings (SSSR count). The van der Waals surface area contributed by atoms with E-state index in [1.165, 1.54) is 23.2 Å². The van der Waals surface area contributed by atoms with Gasteiger partial charge in [-0.1, -0.05) is 18.2 Å². The average molecular weight is 250 g/mol. The molecule has 0 saturated heterocycles. The summed E-state index contributed by atoms with van der Waals surface area (Å²) in [5.74, 6) is 0. The molecule has 1 aliphatic rings. The number of rotatable bonds is 6. The first kappa shape index (κ1) is 13.3. The Labute approximate surface area is 108 Å². The van der Waals surface area contributed by atoms with E-state index in [0.717, 1.165) is 19.5 Å². The van der Waals surface area contributed by atoms with Crippen molar-refractivity contribution in [2.45, 2.75) is 25.4 Å². The summed E-state index contributed by atoms with van der Waals surface area (Å²) in [7, 11) is 1.65. The lowest BCUT2D eigenvalue weighted by Crippen LogP contribution is -2.36. The Hall–Kier alpha value is -1.10. The summed E-state index contributed by atoms with van der Waals surface area (Å²) in [5.41, 5.74) is 3.93. The van der Waals surface area contributed by atoms with Crippen molar-refractivity contribution in [1.82, 2.24) is 5.32 Å². The molecule has 0 saturated carbocycles. The maximum Gasteiger partial charge on any atom is 0.0638 e. The molecule has 1 aromatic carbocycles. The number of aliphatic hydroxyl groups is 1. The van der Waals surface area contributed by atoms with Gasteiger partial charge in [0.2, 0.25) is 0 Å². The van der Waals surface area contributed by atoms with Gasteiger partial charge in [0.05, 0.1) is 19.3 Å². The summed E-state index contributed by atoms with van der Waals surface area (Å²) in [4.78, 5) is 0. The largest absolute Gasteiger partial charge is 0.395 e. The van der Waals surface area contributed by atoms with E-state index in [-0.39, 0.29) is 12.6 Å². The minimum Gasteiger partial charge on any atom is -0.395 e. The number of anilines is 1. The molecule has 1 atom stereocenters. The second-order valence-electron chi connectivity index (χ2n) is 4.70. The number of aryl methyl sites for hydroxylation is 1. The fraction of sp³-hybridized carbons (Fsp3) is 0.571. The van der Waals surface area contributed by atoms with Crippen molar-refractivity contribution in [3.63, 3.8) is 0 Å². The van der Waals surface area contributed by atoms with Gasteiger partial charge in [-0.2, -0.15) is 0 Å². The van der Waals surface area contributed by atoms with E-state index in [0.29, 0.717) is 6.61 Å². The van der Waals surface area contributed by atoms with Gasteiger partial charge < -0.3 is 20.5 Å². The predicted molar refractivity (Wildman–Crippen MR) is 72.8 cm³/mol. The van der Waals surface area contributed by atoms with Gasteiger partial charge in [-0.15, -0.1) is 0 Å². The molecule has 0 bridgehead atoms. The lowest BCUT2D eigenvalue weighted by Gasteiger charge is -2.22. The molecule has 1 heterocycles. The van der Waals surface area contributed by atoms with Crippen molar-refractivity contribution in [3.05, 3.63) is 29.3 Å². The fourth-order valence-corrected chi connectivity index (χ4v) is 2.36. The number of aliphatic hydroxyl groups excluding tert-OH is 1. The Morgan fingerprint density at radius 2 is 2.39 bits per heavy atom. The number of hydrogen-bond acceptors (Lipinski definition) is 4. The smallest absolute Gasteiger partial charge is 0.0638 e. The van der Waals surface area contributed by atoms with Crippen LogP contribution in [0.1, 0.15) is 17.5 Å². The van der Waals surface area contributed by atoms with Crippen LogP contribution in [0.4, 0.5) is 5.69 Å². The van der Waals surface area contributed by atoms with Crippen LogP contribution in [0.3, 0.4) is 0 Å². The highest BCUT2D eigenvalue weighted by Gasteiger charge is 2.13. The number of nitrogens with one attached hydrogen (secondary N) is 2. The van der Waals surface area contributed by atoms with Crippen LogP contribution in [0.15, 0.2) is 18.2 Å². The van der Waals surface area contributed by atoms with Crippen LogP contribution in [0, 0.1) is 0 Å². The normalized spacial score (nSPS) is 15.9. The van der Waals surface area contributed by atoms with E-state index >= 15 is 0 Å². The molecule has 0 radical (unpaired) electrons. The average Bonchev–Trinajstić information content (AvgIpc) is 2.43. The molecule has 1 unspecified atom stereocenters. The van der Waals surface area contributed by atoms with Gasteiger partial charge in [0.25, 0.3) is 0 Å². The molecule has 0 amide bonds. The number of ether oxygens (including phenoxy) is 1. The van der Waals surface area contributed by atoms with E-state index in [1.54, 1.807) is 7.11 Å². The van der Waals surface area contributed by atoms with Gasteiger partial charge in [0.15, 0.2) is 0 Å². The van der Waals surface area contributed by atoms with Crippen molar-refractivity contribution in [3.8, 4) is 0 Å². The zero-order valence-electron chi connectivity index (χ0n) is 10.9. The number of para-hydroxylation sites is 1. The predicted octanol–water partition coefficient (Wildman–Crippen LogP) is 1.14. The number of fused-ring (bicyclic) bond motifs is 1. The van der Waals surface area contributed by atoms with Crippen molar-refractivity contribution in [2.24, 2.45) is 0 Å². The molecule has 4 nitrogen and oxygen atoms in total. The Kier molecular flexibility index (Phi) is 4.99. The van der Waals surface area contributed by atoms with Gasteiger partial charge >= 0.3 is 0 Å². The first-order chi connectivity index (χ1) is 8.85. The molecular weight excluding hydrogens is 228 g/mol. The number of benzene rings is 1. The molecule has 1 aliphatic heterocycles. The first-order valence-electron chi connectivity index (χ1n) is 6.53. The second kappa shape index (κ2) is 6.73.